The van der Waals surface area contributed by atoms with Crippen LogP contribution in [0.15, 0.2) is 36.5 Å². The molecule has 0 rings (SSSR count). The van der Waals surface area contributed by atoms with Crippen molar-refractivity contribution in [2.24, 2.45) is 0 Å². The third-order valence-corrected chi connectivity index (χ3v) is 10.7. The molecule has 0 heterocycles. The summed E-state index contributed by atoms with van der Waals surface area (Å²) in [5.74, 6) is -0.0971. The fraction of sp³-hybridized carbons (Fsp3) is 0.837. The number of aliphatic hydroxyl groups excluding tert-OH is 2. The van der Waals surface area contributed by atoms with Crippen LogP contribution < -0.4 is 5.32 Å². The Kier molecular flexibility index (Phi) is 43.2. The first-order valence-corrected chi connectivity index (χ1v) is 23.7. The van der Waals surface area contributed by atoms with Crippen LogP contribution in [0.5, 0.6) is 0 Å². The van der Waals surface area contributed by atoms with E-state index in [1.54, 1.807) is 0 Å². The molecular formula is C49H91NO5. The quantitative estimate of drug-likeness (QED) is 0.0326. The molecule has 0 radical (unpaired) electrons. The summed E-state index contributed by atoms with van der Waals surface area (Å²) in [6.07, 6.45) is 52.5. The maximum Gasteiger partial charge on any atom is 0.305 e. The van der Waals surface area contributed by atoms with Gasteiger partial charge in [0, 0.05) is 12.8 Å². The summed E-state index contributed by atoms with van der Waals surface area (Å²) in [6, 6.07) is -0.559. The van der Waals surface area contributed by atoms with Gasteiger partial charge in [-0.25, -0.2) is 0 Å². The molecule has 0 aromatic rings. The minimum Gasteiger partial charge on any atom is -0.466 e. The number of nitrogens with one attached hydrogen (secondary N) is 1. The molecule has 0 aromatic heterocycles. The highest BCUT2D eigenvalue weighted by atomic mass is 16.5. The van der Waals surface area contributed by atoms with Crippen LogP contribution in [0, 0.1) is 0 Å². The number of allylic oxidation sites excluding steroid dienone is 6. The van der Waals surface area contributed by atoms with E-state index in [1.165, 1.54) is 122 Å². The Hall–Kier alpha value is -1.92. The molecule has 0 aliphatic heterocycles. The van der Waals surface area contributed by atoms with E-state index in [0.29, 0.717) is 25.9 Å². The number of aliphatic hydroxyl groups is 2. The second kappa shape index (κ2) is 44.8. The van der Waals surface area contributed by atoms with Crippen molar-refractivity contribution in [1.29, 1.82) is 0 Å². The summed E-state index contributed by atoms with van der Waals surface area (Å²) in [5, 5.41) is 23.0. The van der Waals surface area contributed by atoms with E-state index in [-0.39, 0.29) is 18.5 Å². The molecule has 55 heavy (non-hydrogen) atoms. The van der Waals surface area contributed by atoms with E-state index >= 15 is 0 Å². The average molecular weight is 774 g/mol. The maximum absolute atomic E-state index is 12.4. The van der Waals surface area contributed by atoms with Crippen LogP contribution >= 0.6 is 0 Å². The van der Waals surface area contributed by atoms with Gasteiger partial charge in [0.1, 0.15) is 0 Å². The van der Waals surface area contributed by atoms with Gasteiger partial charge in [-0.15, -0.1) is 0 Å². The highest BCUT2D eigenvalue weighted by molar-refractivity contribution is 5.76. The summed E-state index contributed by atoms with van der Waals surface area (Å²) in [4.78, 5) is 24.4. The van der Waals surface area contributed by atoms with Gasteiger partial charge in [-0.3, -0.25) is 9.59 Å². The molecule has 322 valence electrons. The number of hydrogen-bond acceptors (Lipinski definition) is 5. The van der Waals surface area contributed by atoms with Gasteiger partial charge in [0.15, 0.2) is 0 Å². The molecule has 0 spiro atoms. The van der Waals surface area contributed by atoms with Crippen LogP contribution in [0.4, 0.5) is 0 Å². The first-order chi connectivity index (χ1) is 27.0. The van der Waals surface area contributed by atoms with Crippen LogP contribution in [-0.2, 0) is 14.3 Å². The van der Waals surface area contributed by atoms with Crippen LogP contribution in [0.2, 0.25) is 0 Å². The number of hydrogen-bond donors (Lipinski definition) is 3. The summed E-state index contributed by atoms with van der Waals surface area (Å²) in [6.45, 7) is 4.83. The van der Waals surface area contributed by atoms with E-state index in [4.69, 9.17) is 4.74 Å². The Morgan fingerprint density at radius 2 is 0.909 bits per heavy atom. The van der Waals surface area contributed by atoms with Crippen molar-refractivity contribution in [3.05, 3.63) is 36.5 Å². The molecular weight excluding hydrogens is 683 g/mol. The summed E-state index contributed by atoms with van der Waals surface area (Å²) in [7, 11) is 0. The van der Waals surface area contributed by atoms with Crippen molar-refractivity contribution in [3.63, 3.8) is 0 Å². The third-order valence-electron chi connectivity index (χ3n) is 10.7. The second-order valence-electron chi connectivity index (χ2n) is 16.1. The molecule has 0 aromatic carbocycles. The van der Waals surface area contributed by atoms with Crippen molar-refractivity contribution < 1.29 is 24.5 Å². The van der Waals surface area contributed by atoms with Crippen molar-refractivity contribution in [2.75, 3.05) is 13.2 Å². The lowest BCUT2D eigenvalue weighted by atomic mass is 10.0. The number of unbranched alkanes of at least 4 members (excludes halogenated alkanes) is 26. The van der Waals surface area contributed by atoms with Gasteiger partial charge in [0.25, 0.3) is 0 Å². The van der Waals surface area contributed by atoms with Crippen molar-refractivity contribution >= 4 is 11.9 Å². The third kappa shape index (κ3) is 41.5. The fourth-order valence-electron chi connectivity index (χ4n) is 6.96. The van der Waals surface area contributed by atoms with Crippen LogP contribution in [-0.4, -0.2) is 47.4 Å². The number of carbonyl (C=O) groups excluding carboxylic acids is 2. The minimum atomic E-state index is -0.678. The predicted molar refractivity (Wildman–Crippen MR) is 236 cm³/mol. The largest absolute Gasteiger partial charge is 0.466 e. The Balaban J connectivity index is 3.50. The van der Waals surface area contributed by atoms with Crippen LogP contribution in [0.25, 0.3) is 0 Å². The number of carbonyl (C=O) groups is 2. The van der Waals surface area contributed by atoms with Crippen molar-refractivity contribution in [2.45, 2.75) is 251 Å². The first kappa shape index (κ1) is 53.1. The normalized spacial score (nSPS) is 13.0. The average Bonchev–Trinajstić information content (AvgIpc) is 3.18. The lowest BCUT2D eigenvalue weighted by Crippen LogP contribution is -2.45. The van der Waals surface area contributed by atoms with Crippen LogP contribution in [0.3, 0.4) is 0 Å². The topological polar surface area (TPSA) is 95.9 Å². The molecule has 0 saturated heterocycles. The number of amides is 1. The fourth-order valence-corrected chi connectivity index (χ4v) is 6.96. The van der Waals surface area contributed by atoms with Crippen LogP contribution in [0.1, 0.15) is 239 Å². The van der Waals surface area contributed by atoms with E-state index in [9.17, 15) is 19.8 Å². The summed E-state index contributed by atoms with van der Waals surface area (Å²) < 4.78 is 5.44. The Morgan fingerprint density at radius 1 is 0.509 bits per heavy atom. The zero-order chi connectivity index (χ0) is 40.1. The van der Waals surface area contributed by atoms with Gasteiger partial charge in [-0.1, -0.05) is 172 Å². The molecule has 0 aliphatic rings. The first-order valence-electron chi connectivity index (χ1n) is 23.7. The van der Waals surface area contributed by atoms with Gasteiger partial charge in [-0.05, 0) is 89.9 Å². The second-order valence-corrected chi connectivity index (χ2v) is 16.1. The lowest BCUT2D eigenvalue weighted by molar-refractivity contribution is -0.143. The smallest absolute Gasteiger partial charge is 0.305 e. The molecule has 2 unspecified atom stereocenters. The number of esters is 1. The van der Waals surface area contributed by atoms with E-state index in [2.05, 4.69) is 55.6 Å². The molecule has 0 saturated carbocycles. The Morgan fingerprint density at radius 3 is 1.44 bits per heavy atom. The monoisotopic (exact) mass is 774 g/mol. The molecule has 3 N–H and O–H groups in total. The predicted octanol–water partition coefficient (Wildman–Crippen LogP) is 13.7. The number of rotatable bonds is 43. The number of ether oxygens (including phenoxy) is 1. The molecule has 2 atom stereocenters. The van der Waals surface area contributed by atoms with Gasteiger partial charge < -0.3 is 20.3 Å². The standard InChI is InChI=1S/C49H91NO5/c1-3-5-7-9-11-13-14-15-16-17-18-19-23-27-31-35-39-43-49(54)55-44-40-36-32-28-24-21-20-22-26-30-34-38-42-48(53)50-46(45-51)47(52)41-37-33-29-25-12-10-8-6-4-2/h11,13,15-16,21,24,46-47,51-52H,3-10,12,14,17-20,22-23,25-45H2,1-2H3,(H,50,53)/b13-11-,16-15-,24-21-. The van der Waals surface area contributed by atoms with Gasteiger partial charge in [0.05, 0.1) is 25.4 Å². The van der Waals surface area contributed by atoms with Crippen molar-refractivity contribution in [1.82, 2.24) is 5.32 Å². The molecule has 0 aliphatic carbocycles. The molecule has 0 fully saturated rings. The molecule has 6 heteroatoms. The lowest BCUT2D eigenvalue weighted by Gasteiger charge is -2.22. The zero-order valence-corrected chi connectivity index (χ0v) is 36.4. The van der Waals surface area contributed by atoms with E-state index < -0.39 is 12.1 Å². The highest BCUT2D eigenvalue weighted by Crippen LogP contribution is 2.14. The molecule has 1 amide bonds. The molecule has 6 nitrogen and oxygen atoms in total. The molecule has 0 bridgehead atoms. The van der Waals surface area contributed by atoms with Crippen molar-refractivity contribution in [3.8, 4) is 0 Å². The summed E-state index contributed by atoms with van der Waals surface area (Å²) in [5.41, 5.74) is 0. The SMILES string of the molecule is CCCCC/C=C\C/C=C\CCCCCCCCCC(=O)OCCCCC/C=C\CCCCCCCC(=O)NC(CO)C(O)CCCCCCCCCCC. The maximum atomic E-state index is 12.4. The van der Waals surface area contributed by atoms with E-state index in [1.807, 2.05) is 0 Å². The Labute approximate surface area is 341 Å². The van der Waals surface area contributed by atoms with Gasteiger partial charge >= 0.3 is 5.97 Å². The van der Waals surface area contributed by atoms with Gasteiger partial charge in [-0.2, -0.15) is 0 Å². The summed E-state index contributed by atoms with van der Waals surface area (Å²) >= 11 is 0. The highest BCUT2D eigenvalue weighted by Gasteiger charge is 2.20. The van der Waals surface area contributed by atoms with E-state index in [0.717, 1.165) is 83.5 Å². The van der Waals surface area contributed by atoms with Gasteiger partial charge in [0.2, 0.25) is 5.91 Å². The Bertz CT molecular complexity index is 900. The zero-order valence-electron chi connectivity index (χ0n) is 36.4. The minimum absolute atomic E-state index is 0.0317.